The molecule has 0 aromatic heterocycles. The summed E-state index contributed by atoms with van der Waals surface area (Å²) < 4.78 is 5.13. The maximum absolute atomic E-state index is 12.7. The van der Waals surface area contributed by atoms with Crippen LogP contribution < -0.4 is 9.64 Å². The van der Waals surface area contributed by atoms with Crippen molar-refractivity contribution >= 4 is 17.6 Å². The number of benzene rings is 2. The minimum atomic E-state index is -0.869. The van der Waals surface area contributed by atoms with E-state index in [1.165, 1.54) is 0 Å². The van der Waals surface area contributed by atoms with Crippen molar-refractivity contribution in [2.24, 2.45) is 0 Å². The highest BCUT2D eigenvalue weighted by atomic mass is 16.5. The van der Waals surface area contributed by atoms with Crippen molar-refractivity contribution in [2.75, 3.05) is 18.6 Å². The second kappa shape index (κ2) is 7.98. The molecule has 5 nitrogen and oxygen atoms in total. The quantitative estimate of drug-likeness (QED) is 0.852. The Labute approximate surface area is 135 Å². The molecule has 0 spiro atoms. The molecule has 0 saturated heterocycles. The Balaban J connectivity index is 2.23. The van der Waals surface area contributed by atoms with E-state index >= 15 is 0 Å². The number of rotatable bonds is 7. The molecule has 120 valence electrons. The summed E-state index contributed by atoms with van der Waals surface area (Å²) in [6.07, 6.45) is 0.411. The number of ether oxygens (including phenoxy) is 1. The molecule has 0 saturated carbocycles. The third-order valence-corrected chi connectivity index (χ3v) is 3.42. The average Bonchev–Trinajstić information content (AvgIpc) is 2.59. The normalized spacial score (nSPS) is 10.1. The standard InChI is InChI=1S/C18H19NO4/c1-23-16-11-9-15(10-12-16)19(13-5-8-17(20)21)18(22)14-6-3-2-4-7-14/h2-4,6-7,9-12H,5,8,13H2,1H3,(H,20,21). The molecule has 0 fully saturated rings. The molecule has 2 rings (SSSR count). The first kappa shape index (κ1) is 16.5. The van der Waals surface area contributed by atoms with Crippen LogP contribution in [0.4, 0.5) is 5.69 Å². The average molecular weight is 313 g/mol. The van der Waals surface area contributed by atoms with Crippen molar-refractivity contribution in [3.8, 4) is 5.75 Å². The summed E-state index contributed by atoms with van der Waals surface area (Å²) in [5, 5.41) is 8.80. The first-order valence-electron chi connectivity index (χ1n) is 7.34. The van der Waals surface area contributed by atoms with Gasteiger partial charge in [-0.2, -0.15) is 0 Å². The van der Waals surface area contributed by atoms with E-state index in [0.29, 0.717) is 30.0 Å². The van der Waals surface area contributed by atoms with Crippen molar-refractivity contribution in [1.29, 1.82) is 0 Å². The largest absolute Gasteiger partial charge is 0.497 e. The number of aliphatic carboxylic acids is 1. The highest BCUT2D eigenvalue weighted by molar-refractivity contribution is 6.06. The van der Waals surface area contributed by atoms with Gasteiger partial charge in [-0.3, -0.25) is 9.59 Å². The zero-order valence-corrected chi connectivity index (χ0v) is 12.9. The molecule has 1 amide bonds. The van der Waals surface area contributed by atoms with Gasteiger partial charge in [-0.1, -0.05) is 18.2 Å². The molecule has 1 N–H and O–H groups in total. The van der Waals surface area contributed by atoms with Crippen LogP contribution >= 0.6 is 0 Å². The number of hydrogen-bond donors (Lipinski definition) is 1. The molecular weight excluding hydrogens is 294 g/mol. The predicted molar refractivity (Wildman–Crippen MR) is 88.0 cm³/mol. The van der Waals surface area contributed by atoms with E-state index in [2.05, 4.69) is 0 Å². The van der Waals surface area contributed by atoms with E-state index in [1.54, 1.807) is 60.5 Å². The Morgan fingerprint density at radius 1 is 1.04 bits per heavy atom. The number of carboxylic acids is 1. The van der Waals surface area contributed by atoms with E-state index in [-0.39, 0.29) is 12.3 Å². The number of anilines is 1. The highest BCUT2D eigenvalue weighted by Gasteiger charge is 2.17. The lowest BCUT2D eigenvalue weighted by Crippen LogP contribution is -2.32. The molecule has 0 bridgehead atoms. The summed E-state index contributed by atoms with van der Waals surface area (Å²) in [7, 11) is 1.58. The molecule has 2 aromatic rings. The van der Waals surface area contributed by atoms with Crippen LogP contribution in [0.3, 0.4) is 0 Å². The van der Waals surface area contributed by atoms with E-state index in [4.69, 9.17) is 9.84 Å². The molecule has 23 heavy (non-hydrogen) atoms. The molecule has 2 aromatic carbocycles. The van der Waals surface area contributed by atoms with Gasteiger partial charge in [-0.15, -0.1) is 0 Å². The van der Waals surface area contributed by atoms with Gasteiger partial charge in [0.15, 0.2) is 0 Å². The van der Waals surface area contributed by atoms with Crippen LogP contribution in [0.25, 0.3) is 0 Å². The zero-order chi connectivity index (χ0) is 16.7. The summed E-state index contributed by atoms with van der Waals surface area (Å²) in [6.45, 7) is 0.340. The first-order valence-corrected chi connectivity index (χ1v) is 7.34. The number of carboxylic acid groups (broad SMARTS) is 1. The van der Waals surface area contributed by atoms with Crippen LogP contribution in [0.5, 0.6) is 5.75 Å². The molecule has 0 atom stereocenters. The Bertz CT molecular complexity index is 652. The minimum Gasteiger partial charge on any atom is -0.497 e. The van der Waals surface area contributed by atoms with Crippen molar-refractivity contribution in [2.45, 2.75) is 12.8 Å². The number of hydrogen-bond acceptors (Lipinski definition) is 3. The molecule has 5 heteroatoms. The van der Waals surface area contributed by atoms with E-state index in [1.807, 2.05) is 6.07 Å². The van der Waals surface area contributed by atoms with E-state index in [0.717, 1.165) is 0 Å². The Morgan fingerprint density at radius 3 is 2.26 bits per heavy atom. The summed E-state index contributed by atoms with van der Waals surface area (Å²) >= 11 is 0. The SMILES string of the molecule is COc1ccc(N(CCCC(=O)O)C(=O)c2ccccc2)cc1. The van der Waals surface area contributed by atoms with Gasteiger partial charge in [0.1, 0.15) is 5.75 Å². The van der Waals surface area contributed by atoms with Crippen LogP contribution in [0.2, 0.25) is 0 Å². The Hall–Kier alpha value is -2.82. The minimum absolute atomic E-state index is 0.0225. The fraction of sp³-hybridized carbons (Fsp3) is 0.222. The lowest BCUT2D eigenvalue weighted by molar-refractivity contribution is -0.137. The molecule has 0 radical (unpaired) electrons. The highest BCUT2D eigenvalue weighted by Crippen LogP contribution is 2.21. The molecular formula is C18H19NO4. The van der Waals surface area contributed by atoms with Crippen molar-refractivity contribution in [3.63, 3.8) is 0 Å². The lowest BCUT2D eigenvalue weighted by atomic mass is 10.1. The molecule has 0 aliphatic rings. The van der Waals surface area contributed by atoms with Crippen LogP contribution in [0.1, 0.15) is 23.2 Å². The fourth-order valence-electron chi connectivity index (χ4n) is 2.24. The smallest absolute Gasteiger partial charge is 0.303 e. The number of methoxy groups -OCH3 is 1. The monoisotopic (exact) mass is 313 g/mol. The summed E-state index contributed by atoms with van der Waals surface area (Å²) in [6, 6.07) is 16.1. The van der Waals surface area contributed by atoms with Gasteiger partial charge in [-0.05, 0) is 42.8 Å². The third-order valence-electron chi connectivity index (χ3n) is 3.42. The number of nitrogens with zero attached hydrogens (tertiary/aromatic N) is 1. The topological polar surface area (TPSA) is 66.8 Å². The van der Waals surface area contributed by atoms with Crippen molar-refractivity contribution in [3.05, 3.63) is 60.2 Å². The molecule has 0 heterocycles. The maximum atomic E-state index is 12.7. The third kappa shape index (κ3) is 4.57. The Kier molecular flexibility index (Phi) is 5.74. The maximum Gasteiger partial charge on any atom is 0.303 e. The second-order valence-electron chi connectivity index (χ2n) is 5.02. The number of amides is 1. The van der Waals surface area contributed by atoms with Crippen LogP contribution in [0.15, 0.2) is 54.6 Å². The molecule has 0 unspecified atom stereocenters. The van der Waals surface area contributed by atoms with Crippen LogP contribution in [0, 0.1) is 0 Å². The second-order valence-corrected chi connectivity index (χ2v) is 5.02. The molecule has 0 aliphatic heterocycles. The van der Waals surface area contributed by atoms with Crippen LogP contribution in [-0.2, 0) is 4.79 Å². The summed E-state index contributed by atoms with van der Waals surface area (Å²) in [5.74, 6) is -0.320. The van der Waals surface area contributed by atoms with Crippen molar-refractivity contribution in [1.82, 2.24) is 0 Å². The Morgan fingerprint density at radius 2 is 1.70 bits per heavy atom. The summed E-state index contributed by atoms with van der Waals surface area (Å²) in [5.41, 5.74) is 1.28. The first-order chi connectivity index (χ1) is 11.1. The summed E-state index contributed by atoms with van der Waals surface area (Å²) in [4.78, 5) is 25.0. The van der Waals surface area contributed by atoms with Gasteiger partial charge in [0.25, 0.3) is 5.91 Å². The lowest BCUT2D eigenvalue weighted by Gasteiger charge is -2.23. The van der Waals surface area contributed by atoms with Crippen LogP contribution in [-0.4, -0.2) is 30.6 Å². The van der Waals surface area contributed by atoms with Gasteiger partial charge in [0, 0.05) is 24.2 Å². The van der Waals surface area contributed by atoms with Gasteiger partial charge in [0.2, 0.25) is 0 Å². The molecule has 0 aliphatic carbocycles. The zero-order valence-electron chi connectivity index (χ0n) is 12.9. The predicted octanol–water partition coefficient (Wildman–Crippen LogP) is 3.21. The van der Waals surface area contributed by atoms with E-state index < -0.39 is 5.97 Å². The van der Waals surface area contributed by atoms with E-state index in [9.17, 15) is 9.59 Å². The van der Waals surface area contributed by atoms with Gasteiger partial charge >= 0.3 is 5.97 Å². The van der Waals surface area contributed by atoms with Gasteiger partial charge in [-0.25, -0.2) is 0 Å². The number of carbonyl (C=O) groups excluding carboxylic acids is 1. The van der Waals surface area contributed by atoms with Gasteiger partial charge < -0.3 is 14.7 Å². The van der Waals surface area contributed by atoms with Gasteiger partial charge in [0.05, 0.1) is 7.11 Å². The number of carbonyl (C=O) groups is 2. The van der Waals surface area contributed by atoms with Crippen molar-refractivity contribution < 1.29 is 19.4 Å². The fourth-order valence-corrected chi connectivity index (χ4v) is 2.24.